The number of halogens is 3. The van der Waals surface area contributed by atoms with Crippen molar-refractivity contribution < 1.29 is 27.8 Å². The Labute approximate surface area is 161 Å². The number of alkyl halides is 1. The Kier molecular flexibility index (Phi) is 6.70. The number of carbonyl (C=O) groups excluding carboxylic acids is 2. The number of rotatable bonds is 5. The van der Waals surface area contributed by atoms with Gasteiger partial charge in [0.2, 0.25) is 0 Å². The average Bonchev–Trinajstić information content (AvgIpc) is 2.61. The van der Waals surface area contributed by atoms with Gasteiger partial charge >= 0.3 is 11.9 Å². The lowest BCUT2D eigenvalue weighted by Gasteiger charge is -2.32. The summed E-state index contributed by atoms with van der Waals surface area (Å²) in [5.41, 5.74) is -0.256. The third-order valence-corrected chi connectivity index (χ3v) is 4.46. The molecule has 0 saturated heterocycles. The number of allylic oxidation sites excluding steroid dienone is 1. The van der Waals surface area contributed by atoms with Gasteiger partial charge in [0.05, 0.1) is 29.5 Å². The van der Waals surface area contributed by atoms with Gasteiger partial charge in [0.1, 0.15) is 18.4 Å². The number of benzene rings is 1. The second kappa shape index (κ2) is 8.61. The molecule has 27 heavy (non-hydrogen) atoms. The fraction of sp³-hybridized carbons (Fsp3) is 0.421. The molecule has 1 aromatic carbocycles. The second-order valence-corrected chi connectivity index (χ2v) is 6.73. The van der Waals surface area contributed by atoms with Crippen LogP contribution in [-0.4, -0.2) is 37.5 Å². The summed E-state index contributed by atoms with van der Waals surface area (Å²) in [6.07, 6.45) is -0.441. The largest absolute Gasteiger partial charge is 0.466 e. The molecule has 0 saturated carbocycles. The molecule has 0 aliphatic carbocycles. The van der Waals surface area contributed by atoms with E-state index in [0.717, 1.165) is 7.11 Å². The van der Waals surface area contributed by atoms with Crippen LogP contribution in [0.3, 0.4) is 0 Å². The van der Waals surface area contributed by atoms with Crippen molar-refractivity contribution in [3.05, 3.63) is 45.9 Å². The van der Waals surface area contributed by atoms with E-state index in [9.17, 15) is 18.4 Å². The van der Waals surface area contributed by atoms with Gasteiger partial charge in [0.25, 0.3) is 0 Å². The Morgan fingerprint density at radius 1 is 1.33 bits per heavy atom. The highest BCUT2D eigenvalue weighted by molar-refractivity contribution is 6.30. The first-order valence-corrected chi connectivity index (χ1v) is 8.67. The predicted octanol–water partition coefficient (Wildman–Crippen LogP) is 4.00. The number of nitrogens with zero attached hydrogens (tertiary/aromatic N) is 1. The highest BCUT2D eigenvalue weighted by Crippen LogP contribution is 2.42. The third kappa shape index (κ3) is 4.18. The summed E-state index contributed by atoms with van der Waals surface area (Å²) in [6.45, 7) is 3.75. The Hall–Kier alpha value is -2.28. The van der Waals surface area contributed by atoms with Gasteiger partial charge in [-0.3, -0.25) is 9.79 Å². The summed E-state index contributed by atoms with van der Waals surface area (Å²) >= 11 is 5.88. The normalized spacial score (nSPS) is 19.8. The van der Waals surface area contributed by atoms with Crippen LogP contribution in [0.25, 0.3) is 0 Å². The van der Waals surface area contributed by atoms with E-state index in [-0.39, 0.29) is 27.6 Å². The molecule has 2 atom stereocenters. The van der Waals surface area contributed by atoms with Crippen LogP contribution in [0, 0.1) is 11.7 Å². The first-order valence-electron chi connectivity index (χ1n) is 8.29. The van der Waals surface area contributed by atoms with Crippen molar-refractivity contribution >= 4 is 29.3 Å². The Balaban J connectivity index is 2.75. The van der Waals surface area contributed by atoms with Gasteiger partial charge < -0.3 is 9.47 Å². The lowest BCUT2D eigenvalue weighted by Crippen LogP contribution is -2.38. The maximum atomic E-state index is 14.8. The summed E-state index contributed by atoms with van der Waals surface area (Å²) in [7, 11) is 1.11. The van der Waals surface area contributed by atoms with Crippen LogP contribution in [-0.2, 0) is 19.1 Å². The molecule has 2 rings (SSSR count). The summed E-state index contributed by atoms with van der Waals surface area (Å²) in [5.74, 6) is -4.70. The van der Waals surface area contributed by atoms with Crippen molar-refractivity contribution in [2.24, 2.45) is 10.9 Å². The molecule has 2 unspecified atom stereocenters. The molecule has 0 bridgehead atoms. The Morgan fingerprint density at radius 2 is 2.00 bits per heavy atom. The van der Waals surface area contributed by atoms with Crippen LogP contribution in [0.1, 0.15) is 32.3 Å². The van der Waals surface area contributed by atoms with Crippen LogP contribution < -0.4 is 0 Å². The molecule has 1 heterocycles. The zero-order valence-electron chi connectivity index (χ0n) is 15.4. The molecule has 0 spiro atoms. The van der Waals surface area contributed by atoms with Crippen LogP contribution >= 0.6 is 11.6 Å². The number of aliphatic imine (C=N–C) groups is 1. The third-order valence-electron chi connectivity index (χ3n) is 4.17. The van der Waals surface area contributed by atoms with Crippen molar-refractivity contribution in [3.63, 3.8) is 0 Å². The van der Waals surface area contributed by atoms with Gasteiger partial charge in [-0.05, 0) is 32.4 Å². The molecule has 0 aromatic heterocycles. The first-order chi connectivity index (χ1) is 12.7. The predicted molar refractivity (Wildman–Crippen MR) is 97.0 cm³/mol. The second-order valence-electron chi connectivity index (χ2n) is 6.32. The number of hydrogen-bond donors (Lipinski definition) is 0. The van der Waals surface area contributed by atoms with Gasteiger partial charge in [0.15, 0.2) is 0 Å². The zero-order chi connectivity index (χ0) is 20.3. The molecule has 0 N–H and O–H groups in total. The maximum absolute atomic E-state index is 14.8. The van der Waals surface area contributed by atoms with Crippen LogP contribution in [0.4, 0.5) is 8.78 Å². The minimum atomic E-state index is -1.18. The van der Waals surface area contributed by atoms with E-state index < -0.39 is 42.4 Å². The molecular formula is C19H20ClF2NO4. The van der Waals surface area contributed by atoms with E-state index in [0.29, 0.717) is 0 Å². The van der Waals surface area contributed by atoms with Gasteiger partial charge in [-0.1, -0.05) is 23.7 Å². The number of methoxy groups -OCH3 is 1. The molecule has 0 amide bonds. The molecule has 5 nitrogen and oxygen atoms in total. The molecule has 8 heteroatoms. The summed E-state index contributed by atoms with van der Waals surface area (Å²) in [6, 6.07) is 4.21. The van der Waals surface area contributed by atoms with Crippen molar-refractivity contribution in [2.75, 3.05) is 13.8 Å². The van der Waals surface area contributed by atoms with Crippen molar-refractivity contribution in [2.45, 2.75) is 32.8 Å². The average molecular weight is 400 g/mol. The minimum Gasteiger partial charge on any atom is -0.466 e. The summed E-state index contributed by atoms with van der Waals surface area (Å²) in [5, 5.41) is -0.186. The topological polar surface area (TPSA) is 65.0 Å². The van der Waals surface area contributed by atoms with Crippen molar-refractivity contribution in [3.8, 4) is 0 Å². The minimum absolute atomic E-state index is 0.0335. The maximum Gasteiger partial charge on any atom is 0.336 e. The molecule has 1 aromatic rings. The Bertz CT molecular complexity index is 820. The van der Waals surface area contributed by atoms with Gasteiger partial charge in [-0.2, -0.15) is 0 Å². The summed E-state index contributed by atoms with van der Waals surface area (Å²) < 4.78 is 38.4. The highest BCUT2D eigenvalue weighted by atomic mass is 35.5. The number of carbonyl (C=O) groups is 2. The quantitative estimate of drug-likeness (QED) is 0.702. The van der Waals surface area contributed by atoms with E-state index in [4.69, 9.17) is 21.1 Å². The highest BCUT2D eigenvalue weighted by Gasteiger charge is 2.44. The zero-order valence-corrected chi connectivity index (χ0v) is 16.1. The molecule has 1 aliphatic heterocycles. The van der Waals surface area contributed by atoms with E-state index in [1.54, 1.807) is 13.8 Å². The number of hydrogen-bond acceptors (Lipinski definition) is 5. The number of esters is 2. The molecule has 0 fully saturated rings. The van der Waals surface area contributed by atoms with Crippen molar-refractivity contribution in [1.29, 1.82) is 0 Å². The lowest BCUT2D eigenvalue weighted by atomic mass is 9.75. The van der Waals surface area contributed by atoms with Crippen LogP contribution in [0.5, 0.6) is 0 Å². The fourth-order valence-electron chi connectivity index (χ4n) is 3.09. The molecule has 146 valence electrons. The van der Waals surface area contributed by atoms with Crippen LogP contribution in [0.2, 0.25) is 5.02 Å². The smallest absolute Gasteiger partial charge is 0.336 e. The van der Waals surface area contributed by atoms with E-state index >= 15 is 0 Å². The van der Waals surface area contributed by atoms with E-state index in [1.807, 2.05) is 0 Å². The van der Waals surface area contributed by atoms with E-state index in [2.05, 4.69) is 4.99 Å². The molecular weight excluding hydrogens is 380 g/mol. The lowest BCUT2D eigenvalue weighted by molar-refractivity contribution is -0.150. The standard InChI is InChI=1S/C19H20ClF2NO4/c1-9(2)27-19(25)14-10(3)23-13(8-21)16(18(24)26-4)15(14)11-6-5-7-12(20)17(11)22/h5-7,9,14-15H,8H2,1-4H3. The Morgan fingerprint density at radius 3 is 2.56 bits per heavy atom. The fourth-order valence-corrected chi connectivity index (χ4v) is 3.28. The first kappa shape index (κ1) is 21.0. The van der Waals surface area contributed by atoms with Gasteiger partial charge in [-0.25, -0.2) is 13.6 Å². The van der Waals surface area contributed by atoms with Crippen molar-refractivity contribution in [1.82, 2.24) is 0 Å². The van der Waals surface area contributed by atoms with Crippen LogP contribution in [0.15, 0.2) is 34.5 Å². The molecule has 1 aliphatic rings. The SMILES string of the molecule is COC(=O)C1=C(CF)N=C(C)C(C(=O)OC(C)C)C1c1cccc(Cl)c1F. The van der Waals surface area contributed by atoms with Gasteiger partial charge in [0, 0.05) is 11.6 Å². The van der Waals surface area contributed by atoms with Gasteiger partial charge in [-0.15, -0.1) is 0 Å². The van der Waals surface area contributed by atoms with E-state index in [1.165, 1.54) is 25.1 Å². The number of ether oxygens (including phenoxy) is 2. The molecule has 0 radical (unpaired) electrons. The summed E-state index contributed by atoms with van der Waals surface area (Å²) in [4.78, 5) is 29.2. The monoisotopic (exact) mass is 399 g/mol.